The van der Waals surface area contributed by atoms with E-state index >= 15 is 0 Å². The number of aromatic nitrogens is 1. The van der Waals surface area contributed by atoms with E-state index in [1.165, 1.54) is 41.3 Å². The number of fused-ring (bicyclic) bond motifs is 1. The predicted molar refractivity (Wildman–Crippen MR) is 177 cm³/mol. The molecule has 1 aliphatic heterocycles. The molecule has 0 spiro atoms. The van der Waals surface area contributed by atoms with Gasteiger partial charge in [-0.3, -0.25) is 19.5 Å². The van der Waals surface area contributed by atoms with Crippen LogP contribution in [0.1, 0.15) is 36.6 Å². The van der Waals surface area contributed by atoms with Crippen molar-refractivity contribution in [2.45, 2.75) is 26.5 Å². The van der Waals surface area contributed by atoms with Gasteiger partial charge in [0.05, 0.1) is 45.0 Å². The van der Waals surface area contributed by atoms with E-state index in [9.17, 15) is 19.7 Å². The third-order valence-corrected chi connectivity index (χ3v) is 8.64. The average molecular weight is 742 g/mol. The molecule has 0 aliphatic carbocycles. The fourth-order valence-corrected chi connectivity index (χ4v) is 6.40. The van der Waals surface area contributed by atoms with Crippen LogP contribution < -0.4 is 29.1 Å². The molecule has 5 rings (SSSR count). The van der Waals surface area contributed by atoms with Crippen molar-refractivity contribution in [3.63, 3.8) is 0 Å². The number of rotatable bonds is 11. The molecule has 0 bridgehead atoms. The number of carbonyl (C=O) groups excluding carboxylic acids is 1. The number of benzene rings is 3. The van der Waals surface area contributed by atoms with E-state index in [1.54, 1.807) is 36.4 Å². The third-order valence-electron chi connectivity index (χ3n) is 6.80. The zero-order chi connectivity index (χ0) is 32.1. The molecule has 0 fully saturated rings. The molecule has 3 aromatic carbocycles. The van der Waals surface area contributed by atoms with E-state index in [0.29, 0.717) is 45.4 Å². The van der Waals surface area contributed by atoms with Crippen molar-refractivity contribution in [2.75, 3.05) is 20.3 Å². The molecule has 11 nitrogen and oxygen atoms in total. The standard InChI is InChI=1S/C32H28IN3O8S/c1-4-42-26-13-9-21(16-27(26)43-5-2)29-23(31(38)41-3)17-34-32-35(29)30(37)28(45-32)15-20-8-12-25(24(33)14-20)44-18-19-6-10-22(11-7-19)36(39)40/h6-17,29H,4-5,18H2,1-3H3/b28-15-/t29-/m0/s1. The zero-order valence-corrected chi connectivity index (χ0v) is 27.5. The van der Waals surface area contributed by atoms with E-state index in [1.807, 2.05) is 32.0 Å². The number of methoxy groups -OCH3 is 1. The van der Waals surface area contributed by atoms with Gasteiger partial charge in [-0.15, -0.1) is 0 Å². The second-order valence-electron chi connectivity index (χ2n) is 9.65. The summed E-state index contributed by atoms with van der Waals surface area (Å²) in [4.78, 5) is 42.1. The highest BCUT2D eigenvalue weighted by atomic mass is 127. The molecule has 1 aliphatic rings. The zero-order valence-electron chi connectivity index (χ0n) is 24.5. The van der Waals surface area contributed by atoms with Crippen LogP contribution in [-0.4, -0.2) is 35.8 Å². The number of carbonyl (C=O) groups is 1. The largest absolute Gasteiger partial charge is 0.490 e. The lowest BCUT2D eigenvalue weighted by molar-refractivity contribution is -0.384. The quantitative estimate of drug-likeness (QED) is 0.0918. The summed E-state index contributed by atoms with van der Waals surface area (Å²) in [5.41, 5.74) is 2.14. The molecule has 0 unspecified atom stereocenters. The number of nitro groups is 1. The lowest BCUT2D eigenvalue weighted by atomic mass is 9.97. The van der Waals surface area contributed by atoms with Crippen LogP contribution in [0.3, 0.4) is 0 Å². The molecule has 1 atom stereocenters. The summed E-state index contributed by atoms with van der Waals surface area (Å²) in [6.45, 7) is 4.85. The Balaban J connectivity index is 1.48. The van der Waals surface area contributed by atoms with Gasteiger partial charge in [0.1, 0.15) is 12.4 Å². The Labute approximate surface area is 275 Å². The summed E-state index contributed by atoms with van der Waals surface area (Å²) in [6.07, 6.45) is 3.22. The number of halogens is 1. The summed E-state index contributed by atoms with van der Waals surface area (Å²) in [6, 6.07) is 16.3. The smallest absolute Gasteiger partial charge is 0.337 e. The monoisotopic (exact) mass is 741 g/mol. The molecule has 232 valence electrons. The second-order valence-corrected chi connectivity index (χ2v) is 11.8. The van der Waals surface area contributed by atoms with E-state index in [4.69, 9.17) is 18.9 Å². The number of hydrogen-bond donors (Lipinski definition) is 0. The van der Waals surface area contributed by atoms with Crippen LogP contribution in [0.15, 0.2) is 82.2 Å². The predicted octanol–water partition coefficient (Wildman–Crippen LogP) is 4.91. The lowest BCUT2D eigenvalue weighted by Gasteiger charge is -2.23. The van der Waals surface area contributed by atoms with Crippen LogP contribution >= 0.6 is 33.9 Å². The van der Waals surface area contributed by atoms with Gasteiger partial charge in [-0.1, -0.05) is 23.5 Å². The first kappa shape index (κ1) is 31.9. The number of hydrogen-bond acceptors (Lipinski definition) is 10. The van der Waals surface area contributed by atoms with Gasteiger partial charge in [0.25, 0.3) is 11.2 Å². The number of non-ortho nitro benzene ring substituents is 1. The second kappa shape index (κ2) is 14.1. The van der Waals surface area contributed by atoms with Gasteiger partial charge < -0.3 is 18.9 Å². The van der Waals surface area contributed by atoms with Crippen molar-refractivity contribution in [1.29, 1.82) is 0 Å². The molecule has 0 saturated heterocycles. The minimum atomic E-state index is -0.791. The van der Waals surface area contributed by atoms with Gasteiger partial charge in [0.15, 0.2) is 16.3 Å². The maximum Gasteiger partial charge on any atom is 0.337 e. The van der Waals surface area contributed by atoms with E-state index < -0.39 is 16.9 Å². The molecule has 0 N–H and O–H groups in total. The highest BCUT2D eigenvalue weighted by Gasteiger charge is 2.31. The van der Waals surface area contributed by atoms with Crippen molar-refractivity contribution in [3.8, 4) is 17.2 Å². The Kier molecular flexibility index (Phi) is 9.98. The van der Waals surface area contributed by atoms with Gasteiger partial charge in [-0.2, -0.15) is 0 Å². The summed E-state index contributed by atoms with van der Waals surface area (Å²) < 4.78 is 25.3. The van der Waals surface area contributed by atoms with Crippen LogP contribution in [-0.2, 0) is 16.1 Å². The van der Waals surface area contributed by atoms with Gasteiger partial charge in [-0.25, -0.2) is 9.79 Å². The van der Waals surface area contributed by atoms with Crippen molar-refractivity contribution < 1.29 is 28.7 Å². The number of ether oxygens (including phenoxy) is 4. The number of nitro benzene ring substituents is 1. The minimum Gasteiger partial charge on any atom is -0.490 e. The molecule has 45 heavy (non-hydrogen) atoms. The number of esters is 1. The van der Waals surface area contributed by atoms with E-state index in [-0.39, 0.29) is 23.4 Å². The Morgan fingerprint density at radius 3 is 2.40 bits per heavy atom. The van der Waals surface area contributed by atoms with Gasteiger partial charge in [0, 0.05) is 18.3 Å². The molecular weight excluding hydrogens is 713 g/mol. The van der Waals surface area contributed by atoms with Crippen LogP contribution in [0.25, 0.3) is 6.08 Å². The van der Waals surface area contributed by atoms with Crippen molar-refractivity contribution in [1.82, 2.24) is 4.57 Å². The fourth-order valence-electron chi connectivity index (χ4n) is 4.74. The molecule has 0 amide bonds. The Morgan fingerprint density at radius 2 is 1.73 bits per heavy atom. The van der Waals surface area contributed by atoms with E-state index in [0.717, 1.165) is 14.7 Å². The molecule has 2 heterocycles. The Hall–Kier alpha value is -4.50. The summed E-state index contributed by atoms with van der Waals surface area (Å²) in [5.74, 6) is 1.11. The summed E-state index contributed by atoms with van der Waals surface area (Å²) in [7, 11) is 1.29. The highest BCUT2D eigenvalue weighted by molar-refractivity contribution is 14.1. The Morgan fingerprint density at radius 1 is 1.02 bits per heavy atom. The van der Waals surface area contributed by atoms with Gasteiger partial charge in [0.2, 0.25) is 0 Å². The van der Waals surface area contributed by atoms with Crippen molar-refractivity contribution >= 4 is 51.7 Å². The lowest BCUT2D eigenvalue weighted by Crippen LogP contribution is -2.39. The number of thiazole rings is 1. The first-order chi connectivity index (χ1) is 21.7. The molecule has 0 radical (unpaired) electrons. The van der Waals surface area contributed by atoms with Crippen LogP contribution in [0, 0.1) is 13.7 Å². The van der Waals surface area contributed by atoms with Crippen LogP contribution in [0.4, 0.5) is 5.69 Å². The maximum absolute atomic E-state index is 13.9. The normalized spacial score (nSPS) is 14.2. The fraction of sp³-hybridized carbons (Fsp3) is 0.219. The average Bonchev–Trinajstić information content (AvgIpc) is 3.35. The summed E-state index contributed by atoms with van der Waals surface area (Å²) in [5, 5.41) is 10.9. The maximum atomic E-state index is 13.9. The molecule has 0 saturated carbocycles. The highest BCUT2D eigenvalue weighted by Crippen LogP contribution is 2.35. The molecular formula is C32H28IN3O8S. The van der Waals surface area contributed by atoms with Crippen LogP contribution in [0.2, 0.25) is 0 Å². The topological polar surface area (TPSA) is 131 Å². The molecule has 4 aromatic rings. The van der Waals surface area contributed by atoms with E-state index in [2.05, 4.69) is 27.6 Å². The number of nitrogens with zero attached hydrogens (tertiary/aromatic N) is 3. The summed E-state index contributed by atoms with van der Waals surface area (Å²) >= 11 is 3.38. The van der Waals surface area contributed by atoms with Crippen LogP contribution in [0.5, 0.6) is 17.2 Å². The van der Waals surface area contributed by atoms with Gasteiger partial charge >= 0.3 is 5.97 Å². The SMILES string of the molecule is CCOc1ccc([C@H]2C(C(=O)OC)=CN=c3s/c(=C\c4ccc(OCc5ccc([N+](=O)[O-])cc5)c(I)c4)c(=O)n32)cc1OCC. The first-order valence-corrected chi connectivity index (χ1v) is 15.8. The first-order valence-electron chi connectivity index (χ1n) is 13.9. The van der Waals surface area contributed by atoms with Crippen molar-refractivity contribution in [3.05, 3.63) is 122 Å². The van der Waals surface area contributed by atoms with Gasteiger partial charge in [-0.05, 0) is 95.6 Å². The Bertz CT molecular complexity index is 1970. The molecule has 13 heteroatoms. The molecule has 1 aromatic heterocycles. The minimum absolute atomic E-state index is 0.0190. The third kappa shape index (κ3) is 6.93. The van der Waals surface area contributed by atoms with Crippen molar-refractivity contribution in [2.24, 2.45) is 4.99 Å².